The Labute approximate surface area is 99.9 Å². The number of hydrogen-bond acceptors (Lipinski definition) is 2. The topological polar surface area (TPSA) is 21.3 Å². The van der Waals surface area contributed by atoms with Crippen molar-refractivity contribution in [2.75, 3.05) is 13.7 Å². The first kappa shape index (κ1) is 13.1. The van der Waals surface area contributed by atoms with Gasteiger partial charge in [0.2, 0.25) is 0 Å². The summed E-state index contributed by atoms with van der Waals surface area (Å²) in [6.07, 6.45) is -0.102. The maximum absolute atomic E-state index is 12.5. The van der Waals surface area contributed by atoms with Crippen LogP contribution < -0.4 is 5.32 Å². The van der Waals surface area contributed by atoms with Crippen molar-refractivity contribution in [3.63, 3.8) is 0 Å². The summed E-state index contributed by atoms with van der Waals surface area (Å²) in [5.74, 6) is 0.0932. The van der Waals surface area contributed by atoms with Crippen LogP contribution in [-0.4, -0.2) is 31.5 Å². The van der Waals surface area contributed by atoms with Gasteiger partial charge in [0.1, 0.15) is 0 Å². The van der Waals surface area contributed by atoms with Crippen molar-refractivity contribution in [3.8, 4) is 0 Å². The van der Waals surface area contributed by atoms with Crippen LogP contribution in [0.4, 0.5) is 13.2 Å². The Balaban J connectivity index is 1.94. The molecule has 2 aliphatic rings. The van der Waals surface area contributed by atoms with E-state index in [2.05, 4.69) is 5.32 Å². The van der Waals surface area contributed by atoms with E-state index in [1.165, 1.54) is 0 Å². The highest BCUT2D eigenvalue weighted by Crippen LogP contribution is 2.45. The van der Waals surface area contributed by atoms with Gasteiger partial charge in [-0.15, -0.1) is 0 Å². The summed E-state index contributed by atoms with van der Waals surface area (Å²) in [6, 6.07) is -0.462. The predicted molar refractivity (Wildman–Crippen MR) is 58.8 cm³/mol. The first-order valence-corrected chi connectivity index (χ1v) is 6.32. The van der Waals surface area contributed by atoms with E-state index in [9.17, 15) is 13.2 Å². The summed E-state index contributed by atoms with van der Waals surface area (Å²) in [7, 11) is 1.62. The van der Waals surface area contributed by atoms with Gasteiger partial charge in [-0.1, -0.05) is 0 Å². The highest BCUT2D eigenvalue weighted by atomic mass is 19.4. The minimum Gasteiger partial charge on any atom is -0.375 e. The van der Waals surface area contributed by atoms with Crippen LogP contribution in [0.1, 0.15) is 38.5 Å². The van der Waals surface area contributed by atoms with E-state index < -0.39 is 18.6 Å². The molecule has 2 nitrogen and oxygen atoms in total. The molecule has 1 N–H and O–H groups in total. The Morgan fingerprint density at radius 3 is 2.59 bits per heavy atom. The summed E-state index contributed by atoms with van der Waals surface area (Å²) in [5.41, 5.74) is -0.0797. The molecular weight excluding hydrogens is 231 g/mol. The fourth-order valence-corrected chi connectivity index (χ4v) is 3.08. The third kappa shape index (κ3) is 3.13. The van der Waals surface area contributed by atoms with Gasteiger partial charge < -0.3 is 10.1 Å². The zero-order valence-corrected chi connectivity index (χ0v) is 10.1. The standard InChI is InChI=1S/C12H20F3NO/c1-16-10(8-12(13,14)15)9-3-6-17-11(7-9)4-2-5-11/h9-10,16H,2-8H2,1H3. The van der Waals surface area contributed by atoms with Gasteiger partial charge >= 0.3 is 6.18 Å². The molecule has 0 aromatic heterocycles. The molecule has 1 aliphatic carbocycles. The fourth-order valence-electron chi connectivity index (χ4n) is 3.08. The Morgan fingerprint density at radius 2 is 2.12 bits per heavy atom. The molecule has 2 fully saturated rings. The van der Waals surface area contributed by atoms with Crippen LogP contribution in [0.2, 0.25) is 0 Å². The summed E-state index contributed by atoms with van der Waals surface area (Å²) in [5, 5.41) is 2.84. The van der Waals surface area contributed by atoms with Gasteiger partial charge in [0.25, 0.3) is 0 Å². The number of ether oxygens (including phenoxy) is 1. The SMILES string of the molecule is CNC(CC(F)(F)F)C1CCOC2(CCC2)C1. The van der Waals surface area contributed by atoms with Gasteiger partial charge in [-0.3, -0.25) is 0 Å². The Bertz CT molecular complexity index is 263. The maximum atomic E-state index is 12.5. The molecule has 1 aliphatic heterocycles. The van der Waals surface area contributed by atoms with Crippen LogP contribution >= 0.6 is 0 Å². The van der Waals surface area contributed by atoms with E-state index in [0.717, 1.165) is 32.1 Å². The van der Waals surface area contributed by atoms with Crippen molar-refractivity contribution < 1.29 is 17.9 Å². The molecular formula is C12H20F3NO. The van der Waals surface area contributed by atoms with Gasteiger partial charge in [0.15, 0.2) is 0 Å². The van der Waals surface area contributed by atoms with Gasteiger partial charge in [-0.25, -0.2) is 0 Å². The minimum absolute atomic E-state index is 0.0797. The molecule has 100 valence electrons. The van der Waals surface area contributed by atoms with E-state index in [-0.39, 0.29) is 11.5 Å². The molecule has 0 radical (unpaired) electrons. The van der Waals surface area contributed by atoms with Crippen molar-refractivity contribution in [2.45, 2.75) is 56.3 Å². The van der Waals surface area contributed by atoms with E-state index in [1.807, 2.05) is 0 Å². The largest absolute Gasteiger partial charge is 0.390 e. The molecule has 1 heterocycles. The van der Waals surface area contributed by atoms with Crippen molar-refractivity contribution in [1.82, 2.24) is 5.32 Å². The molecule has 0 bridgehead atoms. The Kier molecular flexibility index (Phi) is 3.69. The zero-order chi connectivity index (χ0) is 12.5. The van der Waals surface area contributed by atoms with Crippen LogP contribution in [0.25, 0.3) is 0 Å². The molecule has 0 aromatic carbocycles. The number of halogens is 3. The second kappa shape index (κ2) is 4.76. The van der Waals surface area contributed by atoms with E-state index in [0.29, 0.717) is 6.61 Å². The number of nitrogens with one attached hydrogen (secondary N) is 1. The van der Waals surface area contributed by atoms with Gasteiger partial charge in [-0.2, -0.15) is 13.2 Å². The Morgan fingerprint density at radius 1 is 1.41 bits per heavy atom. The molecule has 2 rings (SSSR count). The second-order valence-corrected chi connectivity index (χ2v) is 5.35. The van der Waals surface area contributed by atoms with Crippen LogP contribution in [0.3, 0.4) is 0 Å². The highest BCUT2D eigenvalue weighted by molar-refractivity contribution is 4.96. The molecule has 17 heavy (non-hydrogen) atoms. The van der Waals surface area contributed by atoms with Crippen LogP contribution in [0.5, 0.6) is 0 Å². The zero-order valence-electron chi connectivity index (χ0n) is 10.1. The van der Waals surface area contributed by atoms with E-state index in [1.54, 1.807) is 7.05 Å². The third-order valence-corrected chi connectivity index (χ3v) is 4.19. The average molecular weight is 251 g/mol. The predicted octanol–water partition coefficient (Wildman–Crippen LogP) is 2.88. The van der Waals surface area contributed by atoms with Gasteiger partial charge in [0, 0.05) is 12.6 Å². The maximum Gasteiger partial charge on any atom is 0.390 e. The number of rotatable bonds is 3. The molecule has 0 aromatic rings. The Hall–Kier alpha value is -0.290. The van der Waals surface area contributed by atoms with Gasteiger partial charge in [0.05, 0.1) is 12.0 Å². The monoisotopic (exact) mass is 251 g/mol. The van der Waals surface area contributed by atoms with E-state index >= 15 is 0 Å². The molecule has 2 unspecified atom stereocenters. The number of hydrogen-bond donors (Lipinski definition) is 1. The molecule has 0 amide bonds. The molecule has 5 heteroatoms. The molecule has 2 atom stereocenters. The van der Waals surface area contributed by atoms with E-state index in [4.69, 9.17) is 4.74 Å². The van der Waals surface area contributed by atoms with Crippen LogP contribution in [-0.2, 0) is 4.74 Å². The van der Waals surface area contributed by atoms with Gasteiger partial charge in [-0.05, 0) is 45.1 Å². The highest BCUT2D eigenvalue weighted by Gasteiger charge is 2.45. The molecule has 1 saturated heterocycles. The lowest BCUT2D eigenvalue weighted by Gasteiger charge is -2.48. The third-order valence-electron chi connectivity index (χ3n) is 4.19. The van der Waals surface area contributed by atoms with Crippen molar-refractivity contribution in [3.05, 3.63) is 0 Å². The van der Waals surface area contributed by atoms with Crippen LogP contribution in [0, 0.1) is 5.92 Å². The molecule has 1 spiro atoms. The normalized spacial score (nSPS) is 30.0. The quantitative estimate of drug-likeness (QED) is 0.832. The van der Waals surface area contributed by atoms with Crippen molar-refractivity contribution in [1.29, 1.82) is 0 Å². The second-order valence-electron chi connectivity index (χ2n) is 5.35. The summed E-state index contributed by atoms with van der Waals surface area (Å²) >= 11 is 0. The lowest BCUT2D eigenvalue weighted by Crippen LogP contribution is -2.50. The molecule has 1 saturated carbocycles. The first-order chi connectivity index (χ1) is 7.94. The minimum atomic E-state index is -4.08. The summed E-state index contributed by atoms with van der Waals surface area (Å²) in [6.45, 7) is 0.612. The summed E-state index contributed by atoms with van der Waals surface area (Å²) in [4.78, 5) is 0. The average Bonchev–Trinajstić information content (AvgIpc) is 2.23. The first-order valence-electron chi connectivity index (χ1n) is 6.32. The smallest absolute Gasteiger partial charge is 0.375 e. The lowest BCUT2D eigenvalue weighted by atomic mass is 9.70. The lowest BCUT2D eigenvalue weighted by molar-refractivity contribution is -0.166. The van der Waals surface area contributed by atoms with Crippen molar-refractivity contribution in [2.24, 2.45) is 5.92 Å². The number of alkyl halides is 3. The van der Waals surface area contributed by atoms with Crippen LogP contribution in [0.15, 0.2) is 0 Å². The van der Waals surface area contributed by atoms with Crippen molar-refractivity contribution >= 4 is 0 Å². The fraction of sp³-hybridized carbons (Fsp3) is 1.00. The summed E-state index contributed by atoms with van der Waals surface area (Å²) < 4.78 is 43.1.